The van der Waals surface area contributed by atoms with Gasteiger partial charge in [0, 0.05) is 12.1 Å². The van der Waals surface area contributed by atoms with Crippen LogP contribution < -0.4 is 0 Å². The molecule has 14 heavy (non-hydrogen) atoms. The minimum Gasteiger partial charge on any atom is -0.437 e. The van der Waals surface area contributed by atoms with E-state index in [1.807, 2.05) is 6.82 Å². The van der Waals surface area contributed by atoms with Crippen LogP contribution in [-0.2, 0) is 9.47 Å². The molecule has 0 radical (unpaired) electrons. The Balaban J connectivity index is 1.81. The maximum Gasteiger partial charge on any atom is 0.377 e. The highest BCUT2D eigenvalue weighted by atomic mass is 16.6. The third-order valence-corrected chi connectivity index (χ3v) is 3.66. The highest BCUT2D eigenvalue weighted by Gasteiger charge is 2.55. The Morgan fingerprint density at radius 3 is 2.36 bits per heavy atom. The molecule has 0 amide bonds. The minimum atomic E-state index is -0.356. The number of rotatable bonds is 1. The average molecular weight is 197 g/mol. The van der Waals surface area contributed by atoms with Crippen molar-refractivity contribution in [2.24, 2.45) is 0 Å². The SMILES string of the molecule is CB(O)N1C2COCC1CC1(CO1)C2. The molecule has 3 aliphatic rings. The fourth-order valence-electron chi connectivity index (χ4n) is 3.03. The smallest absolute Gasteiger partial charge is 0.377 e. The zero-order valence-corrected chi connectivity index (χ0v) is 8.48. The van der Waals surface area contributed by atoms with E-state index in [4.69, 9.17) is 9.47 Å². The Labute approximate surface area is 84.3 Å². The number of nitrogens with zero attached hydrogens (tertiary/aromatic N) is 1. The van der Waals surface area contributed by atoms with Gasteiger partial charge in [-0.05, 0) is 19.7 Å². The first-order valence-corrected chi connectivity index (χ1v) is 5.37. The Kier molecular flexibility index (Phi) is 1.93. The van der Waals surface area contributed by atoms with Crippen molar-refractivity contribution in [1.29, 1.82) is 0 Å². The topological polar surface area (TPSA) is 45.2 Å². The zero-order chi connectivity index (χ0) is 9.76. The molecule has 78 valence electrons. The standard InChI is InChI=1S/C9H16BNO3/c1-10(12)11-7-2-9(6-14-9)3-8(11)5-13-4-7/h7-8,12H,2-6H2,1H3. The van der Waals surface area contributed by atoms with Crippen LogP contribution in [0.25, 0.3) is 0 Å². The van der Waals surface area contributed by atoms with E-state index >= 15 is 0 Å². The Bertz CT molecular complexity index is 228. The molecular formula is C9H16BNO3. The fraction of sp³-hybridized carbons (Fsp3) is 1.00. The van der Waals surface area contributed by atoms with Crippen LogP contribution in [0.2, 0.25) is 6.82 Å². The lowest BCUT2D eigenvalue weighted by atomic mass is 9.73. The van der Waals surface area contributed by atoms with E-state index in [9.17, 15) is 5.02 Å². The van der Waals surface area contributed by atoms with E-state index < -0.39 is 0 Å². The molecule has 0 aromatic rings. The monoisotopic (exact) mass is 197 g/mol. The molecule has 5 heteroatoms. The van der Waals surface area contributed by atoms with Crippen molar-refractivity contribution in [3.63, 3.8) is 0 Å². The number of fused-ring (bicyclic) bond motifs is 2. The van der Waals surface area contributed by atoms with Crippen molar-refractivity contribution in [2.45, 2.75) is 37.3 Å². The number of piperidine rings is 1. The molecule has 3 saturated heterocycles. The van der Waals surface area contributed by atoms with Crippen molar-refractivity contribution >= 4 is 7.05 Å². The van der Waals surface area contributed by atoms with Gasteiger partial charge in [-0.2, -0.15) is 0 Å². The summed E-state index contributed by atoms with van der Waals surface area (Å²) in [7, 11) is -0.356. The number of hydrogen-bond donors (Lipinski definition) is 1. The molecule has 0 aromatic carbocycles. The minimum absolute atomic E-state index is 0.157. The van der Waals surface area contributed by atoms with Crippen LogP contribution in [0.4, 0.5) is 0 Å². The van der Waals surface area contributed by atoms with Crippen LogP contribution in [0.1, 0.15) is 12.8 Å². The second kappa shape index (κ2) is 2.95. The summed E-state index contributed by atoms with van der Waals surface area (Å²) < 4.78 is 11.1. The second-order valence-corrected chi connectivity index (χ2v) is 4.80. The molecule has 2 unspecified atom stereocenters. The van der Waals surface area contributed by atoms with Crippen molar-refractivity contribution in [2.75, 3.05) is 19.8 Å². The van der Waals surface area contributed by atoms with Crippen LogP contribution in [0.5, 0.6) is 0 Å². The van der Waals surface area contributed by atoms with Crippen molar-refractivity contribution < 1.29 is 14.5 Å². The third kappa shape index (κ3) is 1.31. The molecule has 1 N–H and O–H groups in total. The van der Waals surface area contributed by atoms with E-state index in [0.717, 1.165) is 32.7 Å². The van der Waals surface area contributed by atoms with E-state index in [0.29, 0.717) is 12.1 Å². The lowest BCUT2D eigenvalue weighted by molar-refractivity contribution is -0.0600. The van der Waals surface area contributed by atoms with Crippen LogP contribution >= 0.6 is 0 Å². The van der Waals surface area contributed by atoms with E-state index in [2.05, 4.69) is 4.81 Å². The van der Waals surface area contributed by atoms with Gasteiger partial charge in [0.25, 0.3) is 0 Å². The van der Waals surface area contributed by atoms with Crippen LogP contribution in [0, 0.1) is 0 Å². The van der Waals surface area contributed by atoms with E-state index in [1.54, 1.807) is 0 Å². The zero-order valence-electron chi connectivity index (χ0n) is 8.48. The van der Waals surface area contributed by atoms with Crippen molar-refractivity contribution in [3.05, 3.63) is 0 Å². The number of hydrogen-bond acceptors (Lipinski definition) is 4. The largest absolute Gasteiger partial charge is 0.437 e. The van der Waals surface area contributed by atoms with E-state index in [1.165, 1.54) is 0 Å². The first-order chi connectivity index (χ1) is 6.70. The van der Waals surface area contributed by atoms with Crippen molar-refractivity contribution in [1.82, 2.24) is 4.81 Å². The van der Waals surface area contributed by atoms with Gasteiger partial charge in [0.1, 0.15) is 0 Å². The highest BCUT2D eigenvalue weighted by Crippen LogP contribution is 2.44. The molecule has 2 bridgehead atoms. The van der Waals surface area contributed by atoms with Gasteiger partial charge in [-0.25, -0.2) is 0 Å². The predicted octanol–water partition coefficient (Wildman–Crippen LogP) is -0.271. The molecule has 0 saturated carbocycles. The van der Waals surface area contributed by atoms with Gasteiger partial charge in [-0.3, -0.25) is 0 Å². The van der Waals surface area contributed by atoms with Crippen LogP contribution in [-0.4, -0.2) is 54.4 Å². The van der Waals surface area contributed by atoms with Crippen molar-refractivity contribution in [3.8, 4) is 0 Å². The van der Waals surface area contributed by atoms with Gasteiger partial charge >= 0.3 is 7.05 Å². The summed E-state index contributed by atoms with van der Waals surface area (Å²) in [6.07, 6.45) is 2.04. The maximum absolute atomic E-state index is 9.70. The summed E-state index contributed by atoms with van der Waals surface area (Å²) in [5, 5.41) is 9.70. The Hall–Kier alpha value is -0.0951. The Morgan fingerprint density at radius 2 is 1.93 bits per heavy atom. The van der Waals surface area contributed by atoms with Gasteiger partial charge in [0.15, 0.2) is 0 Å². The molecule has 0 aromatic heterocycles. The van der Waals surface area contributed by atoms with Gasteiger partial charge in [0.05, 0.1) is 25.4 Å². The maximum atomic E-state index is 9.70. The highest BCUT2D eigenvalue weighted by molar-refractivity contribution is 6.45. The lowest BCUT2D eigenvalue weighted by Crippen LogP contribution is -2.63. The molecule has 1 spiro atoms. The third-order valence-electron chi connectivity index (χ3n) is 3.66. The molecule has 3 aliphatic heterocycles. The molecule has 3 heterocycles. The molecule has 4 nitrogen and oxygen atoms in total. The lowest BCUT2D eigenvalue weighted by Gasteiger charge is -2.48. The number of epoxide rings is 1. The van der Waals surface area contributed by atoms with Gasteiger partial charge in [-0.1, -0.05) is 0 Å². The van der Waals surface area contributed by atoms with Gasteiger partial charge in [0.2, 0.25) is 0 Å². The second-order valence-electron chi connectivity index (χ2n) is 4.80. The Morgan fingerprint density at radius 1 is 1.36 bits per heavy atom. The molecular weight excluding hydrogens is 181 g/mol. The number of morpholine rings is 1. The predicted molar refractivity (Wildman–Crippen MR) is 52.0 cm³/mol. The number of ether oxygens (including phenoxy) is 2. The molecule has 3 rings (SSSR count). The summed E-state index contributed by atoms with van der Waals surface area (Å²) in [5.74, 6) is 0. The van der Waals surface area contributed by atoms with Gasteiger partial charge in [-0.15, -0.1) is 0 Å². The van der Waals surface area contributed by atoms with Crippen LogP contribution in [0.15, 0.2) is 0 Å². The first kappa shape index (κ1) is 9.15. The van der Waals surface area contributed by atoms with E-state index in [-0.39, 0.29) is 12.7 Å². The van der Waals surface area contributed by atoms with Gasteiger partial charge < -0.3 is 19.3 Å². The average Bonchev–Trinajstić information content (AvgIpc) is 2.82. The summed E-state index contributed by atoms with van der Waals surface area (Å²) in [6.45, 7) is 4.24. The summed E-state index contributed by atoms with van der Waals surface area (Å²) in [6, 6.07) is 0.704. The molecule has 2 atom stereocenters. The molecule has 3 fully saturated rings. The summed E-state index contributed by atoms with van der Waals surface area (Å²) in [4.78, 5) is 2.19. The fourth-order valence-corrected chi connectivity index (χ4v) is 3.03. The first-order valence-electron chi connectivity index (χ1n) is 5.37. The van der Waals surface area contributed by atoms with Crippen LogP contribution in [0.3, 0.4) is 0 Å². The quantitative estimate of drug-likeness (QED) is 0.464. The summed E-state index contributed by atoms with van der Waals surface area (Å²) >= 11 is 0. The summed E-state index contributed by atoms with van der Waals surface area (Å²) in [5.41, 5.74) is 0.157. The normalized spacial score (nSPS) is 46.7. The molecule has 0 aliphatic carbocycles.